The molecule has 2 aromatic rings. The van der Waals surface area contributed by atoms with Crippen LogP contribution < -0.4 is 4.74 Å². The summed E-state index contributed by atoms with van der Waals surface area (Å²) in [7, 11) is 0. The molecule has 206 valence electrons. The third-order valence-electron chi connectivity index (χ3n) is 4.65. The van der Waals surface area contributed by atoms with Gasteiger partial charge in [-0.15, -0.1) is 5.11 Å². The average molecular weight is 556 g/mol. The van der Waals surface area contributed by atoms with Gasteiger partial charge in [-0.05, 0) is 43.3 Å². The number of ether oxygens (including phenoxy) is 2. The van der Waals surface area contributed by atoms with Crippen molar-refractivity contribution in [2.75, 3.05) is 6.61 Å². The normalized spacial score (nSPS) is 12.9. The molecule has 0 amide bonds. The second kappa shape index (κ2) is 11.2. The van der Waals surface area contributed by atoms with Gasteiger partial charge in [0.05, 0.1) is 24.3 Å². The summed E-state index contributed by atoms with van der Waals surface area (Å²) in [6.07, 6.45) is -9.28. The molecular formula is C23H17F9N2O4. The van der Waals surface area contributed by atoms with Gasteiger partial charge in [0.15, 0.2) is 0 Å². The van der Waals surface area contributed by atoms with Gasteiger partial charge in [-0.25, -0.2) is 9.59 Å². The van der Waals surface area contributed by atoms with Crippen LogP contribution in [0.3, 0.4) is 0 Å². The van der Waals surface area contributed by atoms with Crippen LogP contribution in [0.4, 0.5) is 50.9 Å². The summed E-state index contributed by atoms with van der Waals surface area (Å²) in [5.74, 6) is -21.6. The number of hydrogen-bond acceptors (Lipinski definition) is 6. The number of carbonyl (C=O) groups excluding carboxylic acids is 2. The first-order chi connectivity index (χ1) is 17.4. The predicted octanol–water partition coefficient (Wildman–Crippen LogP) is 7.60. The highest BCUT2D eigenvalue weighted by Crippen LogP contribution is 2.54. The molecule has 15 heteroatoms. The van der Waals surface area contributed by atoms with E-state index in [1.165, 1.54) is 49.4 Å². The number of nitrogens with zero attached hydrogens (tertiary/aromatic N) is 2. The van der Waals surface area contributed by atoms with Gasteiger partial charge in [0, 0.05) is 5.57 Å². The Labute approximate surface area is 208 Å². The minimum atomic E-state index is -7.04. The molecule has 0 spiro atoms. The first-order valence-corrected chi connectivity index (χ1v) is 10.3. The lowest BCUT2D eigenvalue weighted by Crippen LogP contribution is -2.61. The number of hydrogen-bond donors (Lipinski definition) is 0. The van der Waals surface area contributed by atoms with Crippen molar-refractivity contribution in [3.63, 3.8) is 0 Å². The number of rotatable bonds is 10. The number of carbonyl (C=O) groups is 2. The molecule has 2 aromatic carbocycles. The van der Waals surface area contributed by atoms with Crippen LogP contribution in [-0.2, 0) is 9.53 Å². The third kappa shape index (κ3) is 6.69. The topological polar surface area (TPSA) is 77.3 Å². The van der Waals surface area contributed by atoms with Crippen LogP contribution in [0.15, 0.2) is 70.9 Å². The van der Waals surface area contributed by atoms with Crippen LogP contribution in [0.5, 0.6) is 5.75 Å². The van der Waals surface area contributed by atoms with Crippen molar-refractivity contribution in [1.82, 2.24) is 0 Å². The second-order valence-corrected chi connectivity index (χ2v) is 7.62. The molecule has 0 saturated carbocycles. The lowest BCUT2D eigenvalue weighted by atomic mass is 10.0. The summed E-state index contributed by atoms with van der Waals surface area (Å²) >= 11 is 0. The summed E-state index contributed by atoms with van der Waals surface area (Å²) in [4.78, 5) is 23.7. The van der Waals surface area contributed by atoms with Gasteiger partial charge in [0.25, 0.3) is 0 Å². The second-order valence-electron chi connectivity index (χ2n) is 7.62. The molecule has 0 aromatic heterocycles. The first-order valence-electron chi connectivity index (χ1n) is 10.3. The van der Waals surface area contributed by atoms with E-state index < -0.39 is 54.5 Å². The van der Waals surface area contributed by atoms with Crippen molar-refractivity contribution >= 4 is 23.3 Å². The Hall–Kier alpha value is -3.91. The van der Waals surface area contributed by atoms with Gasteiger partial charge in [-0.2, -0.15) is 44.6 Å². The highest BCUT2D eigenvalue weighted by Gasteiger charge is 2.81. The van der Waals surface area contributed by atoms with Crippen LogP contribution in [0, 0.1) is 0 Å². The summed E-state index contributed by atoms with van der Waals surface area (Å²) in [6.45, 7) is 3.25. The van der Waals surface area contributed by atoms with Crippen molar-refractivity contribution in [3.05, 3.63) is 66.2 Å². The molecule has 0 bridgehead atoms. The highest BCUT2D eigenvalue weighted by molar-refractivity contribution is 5.94. The van der Waals surface area contributed by atoms with Crippen LogP contribution in [0.25, 0.3) is 0 Å². The molecule has 0 saturated heterocycles. The molecule has 2 rings (SSSR count). The van der Waals surface area contributed by atoms with Gasteiger partial charge in [0.2, 0.25) is 0 Å². The van der Waals surface area contributed by atoms with Gasteiger partial charge in [-0.1, -0.05) is 18.7 Å². The fourth-order valence-corrected chi connectivity index (χ4v) is 2.53. The summed E-state index contributed by atoms with van der Waals surface area (Å²) in [6, 6.07) is 10.5. The zero-order valence-corrected chi connectivity index (χ0v) is 19.2. The predicted molar refractivity (Wildman–Crippen MR) is 113 cm³/mol. The zero-order valence-electron chi connectivity index (χ0n) is 19.2. The Bertz CT molecular complexity index is 1210. The van der Waals surface area contributed by atoms with Crippen molar-refractivity contribution in [1.29, 1.82) is 0 Å². The van der Waals surface area contributed by atoms with Gasteiger partial charge >= 0.3 is 35.9 Å². The molecule has 0 radical (unpaired) electrons. The monoisotopic (exact) mass is 556 g/mol. The molecule has 0 aliphatic carbocycles. The van der Waals surface area contributed by atoms with E-state index in [0.29, 0.717) is 0 Å². The number of azo groups is 1. The summed E-state index contributed by atoms with van der Waals surface area (Å²) in [5.41, 5.74) is -0.223. The smallest absolute Gasteiger partial charge is 0.460 e. The Morgan fingerprint density at radius 2 is 1.42 bits per heavy atom. The quantitative estimate of drug-likeness (QED) is 0.0993. The standard InChI is InChI=1S/C23H17F9N2O4/c1-13(2)18(35)38-15-9-7-14(8-10-15)33-34-17-6-4-3-5-16(17)19(36)37-12-11-20(24,25)21(26,27)22(28,29)23(30,31)32/h3-10H,1,11-12H2,2H3. The Balaban J connectivity index is 2.09. The van der Waals surface area contributed by atoms with E-state index in [1.54, 1.807) is 0 Å². The summed E-state index contributed by atoms with van der Waals surface area (Å²) < 4.78 is 126. The van der Waals surface area contributed by atoms with Crippen molar-refractivity contribution in [3.8, 4) is 5.75 Å². The fraction of sp³-hybridized carbons (Fsp3) is 0.304. The highest BCUT2D eigenvalue weighted by atomic mass is 19.4. The first kappa shape index (κ1) is 30.3. The van der Waals surface area contributed by atoms with E-state index in [-0.39, 0.29) is 22.7 Å². The Morgan fingerprint density at radius 1 is 0.842 bits per heavy atom. The number of alkyl halides is 9. The molecule has 0 atom stereocenters. The zero-order chi connectivity index (χ0) is 28.9. The number of halogens is 9. The van der Waals surface area contributed by atoms with E-state index in [9.17, 15) is 49.1 Å². The molecular weight excluding hydrogens is 539 g/mol. The average Bonchev–Trinajstić information content (AvgIpc) is 2.82. The molecule has 6 nitrogen and oxygen atoms in total. The Morgan fingerprint density at radius 3 is 1.97 bits per heavy atom. The number of benzene rings is 2. The maximum Gasteiger partial charge on any atom is 0.460 e. The van der Waals surface area contributed by atoms with Crippen LogP contribution in [0.2, 0.25) is 0 Å². The maximum atomic E-state index is 13.6. The van der Waals surface area contributed by atoms with E-state index in [2.05, 4.69) is 21.5 Å². The van der Waals surface area contributed by atoms with Crippen LogP contribution in [-0.4, -0.2) is 42.5 Å². The van der Waals surface area contributed by atoms with Crippen molar-refractivity contribution in [2.45, 2.75) is 37.3 Å². The van der Waals surface area contributed by atoms with Gasteiger partial charge < -0.3 is 9.47 Å². The molecule has 38 heavy (non-hydrogen) atoms. The van der Waals surface area contributed by atoms with Crippen LogP contribution in [0.1, 0.15) is 23.7 Å². The fourth-order valence-electron chi connectivity index (χ4n) is 2.53. The molecule has 0 aliphatic heterocycles. The minimum Gasteiger partial charge on any atom is -0.462 e. The van der Waals surface area contributed by atoms with E-state index in [1.807, 2.05) is 0 Å². The largest absolute Gasteiger partial charge is 0.462 e. The van der Waals surface area contributed by atoms with E-state index >= 15 is 0 Å². The molecule has 0 fully saturated rings. The minimum absolute atomic E-state index is 0.161. The number of esters is 2. The van der Waals surface area contributed by atoms with Gasteiger partial charge in [-0.3, -0.25) is 0 Å². The lowest BCUT2D eigenvalue weighted by molar-refractivity contribution is -0.397. The lowest BCUT2D eigenvalue weighted by Gasteiger charge is -2.33. The van der Waals surface area contributed by atoms with E-state index in [4.69, 9.17) is 4.74 Å². The summed E-state index contributed by atoms with van der Waals surface area (Å²) in [5, 5.41) is 7.61. The molecule has 0 heterocycles. The molecule has 0 unspecified atom stereocenters. The van der Waals surface area contributed by atoms with E-state index in [0.717, 1.165) is 6.07 Å². The Kier molecular flexibility index (Phi) is 8.96. The van der Waals surface area contributed by atoms with Gasteiger partial charge in [0.1, 0.15) is 11.4 Å². The SMILES string of the molecule is C=C(C)C(=O)Oc1ccc(N=Nc2ccccc2C(=O)OCCC(F)(F)C(F)(F)C(F)(F)C(F)(F)F)cc1. The van der Waals surface area contributed by atoms with Crippen molar-refractivity contribution < 1.29 is 58.6 Å². The van der Waals surface area contributed by atoms with Crippen molar-refractivity contribution in [2.24, 2.45) is 10.2 Å². The molecule has 0 N–H and O–H groups in total. The third-order valence-corrected chi connectivity index (χ3v) is 4.65. The van der Waals surface area contributed by atoms with Crippen LogP contribution >= 0.6 is 0 Å². The maximum absolute atomic E-state index is 13.6. The molecule has 0 aliphatic rings.